The van der Waals surface area contributed by atoms with Crippen molar-refractivity contribution in [3.63, 3.8) is 0 Å². The smallest absolute Gasteiger partial charge is 0.255 e. The predicted molar refractivity (Wildman–Crippen MR) is 99.8 cm³/mol. The summed E-state index contributed by atoms with van der Waals surface area (Å²) in [5.41, 5.74) is 3.56. The molecule has 2 aromatic heterocycles. The summed E-state index contributed by atoms with van der Waals surface area (Å²) >= 11 is 0. The molecule has 1 aliphatic carbocycles. The van der Waals surface area contributed by atoms with Crippen LogP contribution < -0.4 is 5.32 Å². The van der Waals surface area contributed by atoms with Crippen LogP contribution in [0.1, 0.15) is 71.9 Å². The van der Waals surface area contributed by atoms with Crippen molar-refractivity contribution in [1.29, 1.82) is 0 Å². The zero-order valence-corrected chi connectivity index (χ0v) is 15.8. The average molecular weight is 365 g/mol. The summed E-state index contributed by atoms with van der Waals surface area (Å²) in [6.07, 6.45) is 3.84. The molecule has 140 valence electrons. The fourth-order valence-electron chi connectivity index (χ4n) is 3.08. The summed E-state index contributed by atoms with van der Waals surface area (Å²) in [4.78, 5) is 17.1. The molecule has 1 aromatic carbocycles. The Labute approximate surface area is 157 Å². The van der Waals surface area contributed by atoms with Crippen molar-refractivity contribution < 1.29 is 9.32 Å². The van der Waals surface area contributed by atoms with Crippen LogP contribution in [0, 0.1) is 6.92 Å². The second kappa shape index (κ2) is 6.98. The molecule has 0 spiro atoms. The topological polar surface area (TPSA) is 85.8 Å². The van der Waals surface area contributed by atoms with Gasteiger partial charge in [-0.1, -0.05) is 36.7 Å². The van der Waals surface area contributed by atoms with E-state index in [1.165, 1.54) is 5.56 Å². The van der Waals surface area contributed by atoms with E-state index in [0.717, 1.165) is 30.0 Å². The number of amides is 1. The Balaban J connectivity index is 1.53. The molecule has 0 bridgehead atoms. The van der Waals surface area contributed by atoms with Gasteiger partial charge in [-0.2, -0.15) is 10.1 Å². The lowest BCUT2D eigenvalue weighted by Crippen LogP contribution is -2.24. The van der Waals surface area contributed by atoms with Gasteiger partial charge in [-0.25, -0.2) is 4.68 Å². The number of benzene rings is 1. The van der Waals surface area contributed by atoms with E-state index in [4.69, 9.17) is 4.52 Å². The average Bonchev–Trinajstić information content (AvgIpc) is 3.22. The molecular formula is C20H23N5O2. The Morgan fingerprint density at radius 3 is 2.70 bits per heavy atom. The third-order valence-electron chi connectivity index (χ3n) is 4.70. The van der Waals surface area contributed by atoms with Gasteiger partial charge >= 0.3 is 0 Å². The number of hydrogen-bond acceptors (Lipinski definition) is 5. The molecular weight excluding hydrogens is 342 g/mol. The molecule has 1 amide bonds. The minimum Gasteiger partial charge on any atom is -0.343 e. The highest BCUT2D eigenvalue weighted by atomic mass is 16.5. The van der Waals surface area contributed by atoms with Crippen LogP contribution in [-0.4, -0.2) is 25.8 Å². The van der Waals surface area contributed by atoms with Crippen LogP contribution in [0.15, 0.2) is 35.0 Å². The standard InChI is InChI=1S/C20H23N5O2/c1-12(2)18-16(10-22-25(18)15-8-4-13(3)5-9-15)20(26)21-11-17-23-19(24-27-17)14-6-7-14/h4-5,8-10,12,14H,6-7,11H2,1-3H3,(H,21,26). The van der Waals surface area contributed by atoms with Crippen molar-refractivity contribution in [3.8, 4) is 5.69 Å². The summed E-state index contributed by atoms with van der Waals surface area (Å²) < 4.78 is 7.05. The first-order valence-corrected chi connectivity index (χ1v) is 9.28. The Hall–Kier alpha value is -2.96. The number of carbonyl (C=O) groups is 1. The van der Waals surface area contributed by atoms with Crippen LogP contribution in [-0.2, 0) is 6.54 Å². The normalized spacial score (nSPS) is 13.9. The second-order valence-corrected chi connectivity index (χ2v) is 7.35. The van der Waals surface area contributed by atoms with E-state index in [9.17, 15) is 4.79 Å². The van der Waals surface area contributed by atoms with Gasteiger partial charge < -0.3 is 9.84 Å². The monoisotopic (exact) mass is 365 g/mol. The van der Waals surface area contributed by atoms with Crippen molar-refractivity contribution in [2.45, 2.75) is 52.0 Å². The molecule has 1 N–H and O–H groups in total. The van der Waals surface area contributed by atoms with Crippen LogP contribution in [0.4, 0.5) is 0 Å². The molecule has 1 aliphatic rings. The van der Waals surface area contributed by atoms with Crippen molar-refractivity contribution in [3.05, 3.63) is 59.0 Å². The van der Waals surface area contributed by atoms with Gasteiger partial charge in [0.15, 0.2) is 5.82 Å². The van der Waals surface area contributed by atoms with Crippen LogP contribution in [0.3, 0.4) is 0 Å². The van der Waals surface area contributed by atoms with E-state index < -0.39 is 0 Å². The second-order valence-electron chi connectivity index (χ2n) is 7.35. The molecule has 0 unspecified atom stereocenters. The maximum Gasteiger partial charge on any atom is 0.255 e. The minimum absolute atomic E-state index is 0.138. The summed E-state index contributed by atoms with van der Waals surface area (Å²) in [5, 5.41) is 11.3. The predicted octanol–water partition coefficient (Wildman–Crippen LogP) is 3.49. The zero-order chi connectivity index (χ0) is 19.0. The van der Waals surface area contributed by atoms with Gasteiger partial charge in [-0.15, -0.1) is 0 Å². The van der Waals surface area contributed by atoms with E-state index in [2.05, 4.69) is 34.4 Å². The molecule has 0 aliphatic heterocycles. The third kappa shape index (κ3) is 3.63. The van der Waals surface area contributed by atoms with Crippen LogP contribution in [0.25, 0.3) is 5.69 Å². The molecule has 1 saturated carbocycles. The number of nitrogens with one attached hydrogen (secondary N) is 1. The number of carbonyl (C=O) groups excluding carboxylic acids is 1. The van der Waals surface area contributed by atoms with E-state index >= 15 is 0 Å². The van der Waals surface area contributed by atoms with Crippen LogP contribution in [0.2, 0.25) is 0 Å². The van der Waals surface area contributed by atoms with Crippen LogP contribution >= 0.6 is 0 Å². The van der Waals surface area contributed by atoms with Crippen molar-refractivity contribution in [2.24, 2.45) is 0 Å². The van der Waals surface area contributed by atoms with E-state index in [1.54, 1.807) is 6.20 Å². The molecule has 1 fully saturated rings. The van der Waals surface area contributed by atoms with E-state index in [-0.39, 0.29) is 18.4 Å². The van der Waals surface area contributed by atoms with Gasteiger partial charge in [0.25, 0.3) is 5.91 Å². The third-order valence-corrected chi connectivity index (χ3v) is 4.70. The van der Waals surface area contributed by atoms with Gasteiger partial charge in [0.05, 0.1) is 29.7 Å². The quantitative estimate of drug-likeness (QED) is 0.722. The summed E-state index contributed by atoms with van der Waals surface area (Å²) in [7, 11) is 0. The number of aromatic nitrogens is 4. The molecule has 27 heavy (non-hydrogen) atoms. The first-order valence-electron chi connectivity index (χ1n) is 9.28. The highest BCUT2D eigenvalue weighted by molar-refractivity contribution is 5.95. The maximum atomic E-state index is 12.7. The van der Waals surface area contributed by atoms with Crippen molar-refractivity contribution in [1.82, 2.24) is 25.2 Å². The Kier molecular flexibility index (Phi) is 4.51. The molecule has 0 radical (unpaired) electrons. The highest BCUT2D eigenvalue weighted by Gasteiger charge is 2.29. The minimum atomic E-state index is -0.191. The lowest BCUT2D eigenvalue weighted by molar-refractivity contribution is 0.0945. The molecule has 3 aromatic rings. The van der Waals surface area contributed by atoms with E-state index in [1.807, 2.05) is 35.9 Å². The number of hydrogen-bond donors (Lipinski definition) is 1. The lowest BCUT2D eigenvalue weighted by atomic mass is 10.0. The molecule has 0 atom stereocenters. The Morgan fingerprint density at radius 2 is 2.04 bits per heavy atom. The lowest BCUT2D eigenvalue weighted by Gasteiger charge is -2.13. The summed E-state index contributed by atoms with van der Waals surface area (Å²) in [6, 6.07) is 8.09. The first-order chi connectivity index (χ1) is 13.0. The molecule has 0 saturated heterocycles. The fraction of sp³-hybridized carbons (Fsp3) is 0.400. The maximum absolute atomic E-state index is 12.7. The van der Waals surface area contributed by atoms with Gasteiger partial charge in [-0.05, 0) is 37.8 Å². The molecule has 2 heterocycles. The fourth-order valence-corrected chi connectivity index (χ4v) is 3.08. The summed E-state index contributed by atoms with van der Waals surface area (Å²) in [5.74, 6) is 1.55. The number of aryl methyl sites for hydroxylation is 1. The zero-order valence-electron chi connectivity index (χ0n) is 15.8. The van der Waals surface area contributed by atoms with Gasteiger partial charge in [0.2, 0.25) is 5.89 Å². The molecule has 7 heteroatoms. The Bertz CT molecular complexity index is 951. The molecule has 7 nitrogen and oxygen atoms in total. The van der Waals surface area contributed by atoms with Crippen molar-refractivity contribution in [2.75, 3.05) is 0 Å². The van der Waals surface area contributed by atoms with Crippen LogP contribution in [0.5, 0.6) is 0 Å². The van der Waals surface area contributed by atoms with E-state index in [0.29, 0.717) is 17.4 Å². The SMILES string of the molecule is Cc1ccc(-n2ncc(C(=O)NCc3nc(C4CC4)no3)c2C(C)C)cc1. The van der Waals surface area contributed by atoms with Gasteiger partial charge in [0.1, 0.15) is 0 Å². The summed E-state index contributed by atoms with van der Waals surface area (Å²) in [6.45, 7) is 6.36. The van der Waals surface area contributed by atoms with Crippen molar-refractivity contribution >= 4 is 5.91 Å². The largest absolute Gasteiger partial charge is 0.343 e. The number of nitrogens with zero attached hydrogens (tertiary/aromatic N) is 4. The molecule has 4 rings (SSSR count). The first kappa shape index (κ1) is 17.5. The highest BCUT2D eigenvalue weighted by Crippen LogP contribution is 2.38. The van der Waals surface area contributed by atoms with Gasteiger partial charge in [-0.3, -0.25) is 4.79 Å². The number of rotatable bonds is 6. The Morgan fingerprint density at radius 1 is 1.30 bits per heavy atom. The van der Waals surface area contributed by atoms with Gasteiger partial charge in [0, 0.05) is 5.92 Å².